The number of hydrogen-bond acceptors (Lipinski definition) is 4. The summed E-state index contributed by atoms with van der Waals surface area (Å²) in [6.45, 7) is 7.64. The molecule has 0 aromatic rings. The number of carbonyl (C=O) groups is 2. The van der Waals surface area contributed by atoms with Gasteiger partial charge in [0.15, 0.2) is 0 Å². The van der Waals surface area contributed by atoms with Gasteiger partial charge in [0.25, 0.3) is 0 Å². The van der Waals surface area contributed by atoms with E-state index in [1.54, 1.807) is 0 Å². The van der Waals surface area contributed by atoms with Gasteiger partial charge in [-0.2, -0.15) is 0 Å². The van der Waals surface area contributed by atoms with Crippen molar-refractivity contribution < 1.29 is 19.1 Å². The Morgan fingerprint density at radius 3 is 1.55 bits per heavy atom. The first-order valence-corrected chi connectivity index (χ1v) is 13.4. The van der Waals surface area contributed by atoms with Gasteiger partial charge < -0.3 is 9.47 Å². The van der Waals surface area contributed by atoms with Crippen molar-refractivity contribution in [1.82, 2.24) is 0 Å². The van der Waals surface area contributed by atoms with E-state index >= 15 is 0 Å². The quantitative estimate of drug-likeness (QED) is 0.163. The van der Waals surface area contributed by atoms with Crippen LogP contribution in [0, 0.1) is 17.8 Å². The topological polar surface area (TPSA) is 52.6 Å². The number of unbranched alkanes of at least 4 members (excludes halogenated alkanes) is 10. The lowest BCUT2D eigenvalue weighted by Gasteiger charge is -2.28. The second kappa shape index (κ2) is 18.5. The number of rotatable bonds is 18. The van der Waals surface area contributed by atoms with Gasteiger partial charge in [-0.1, -0.05) is 104 Å². The zero-order valence-corrected chi connectivity index (χ0v) is 20.8. The van der Waals surface area contributed by atoms with Crippen molar-refractivity contribution in [2.45, 2.75) is 130 Å². The molecule has 2 unspecified atom stereocenters. The van der Waals surface area contributed by atoms with Crippen molar-refractivity contribution in [1.29, 1.82) is 0 Å². The van der Waals surface area contributed by atoms with Gasteiger partial charge in [-0.25, -0.2) is 0 Å². The minimum absolute atomic E-state index is 0.186. The molecule has 0 radical (unpaired) electrons. The summed E-state index contributed by atoms with van der Waals surface area (Å²) in [7, 11) is 0. The molecule has 1 aliphatic carbocycles. The molecule has 1 rings (SSSR count). The highest BCUT2D eigenvalue weighted by Crippen LogP contribution is 2.32. The molecule has 182 valence electrons. The van der Waals surface area contributed by atoms with Gasteiger partial charge in [-0.15, -0.1) is 0 Å². The first kappa shape index (κ1) is 28.0. The maximum Gasteiger partial charge on any atom is 0.309 e. The summed E-state index contributed by atoms with van der Waals surface area (Å²) in [5.74, 6) is -0.146. The van der Waals surface area contributed by atoms with Gasteiger partial charge in [0.05, 0.1) is 25.0 Å². The van der Waals surface area contributed by atoms with Crippen LogP contribution in [0.1, 0.15) is 130 Å². The van der Waals surface area contributed by atoms with Crippen molar-refractivity contribution in [3.05, 3.63) is 0 Å². The maximum absolute atomic E-state index is 12.5. The van der Waals surface area contributed by atoms with Crippen LogP contribution < -0.4 is 0 Å². The third-order valence-electron chi connectivity index (χ3n) is 6.53. The smallest absolute Gasteiger partial charge is 0.309 e. The van der Waals surface area contributed by atoms with Crippen molar-refractivity contribution >= 4 is 11.9 Å². The van der Waals surface area contributed by atoms with E-state index in [9.17, 15) is 9.59 Å². The van der Waals surface area contributed by atoms with Crippen molar-refractivity contribution in [3.8, 4) is 0 Å². The summed E-state index contributed by atoms with van der Waals surface area (Å²) in [5.41, 5.74) is 0. The molecular formula is C27H50O4. The van der Waals surface area contributed by atoms with Gasteiger partial charge >= 0.3 is 11.9 Å². The molecule has 0 aromatic carbocycles. The molecular weight excluding hydrogens is 388 g/mol. The third kappa shape index (κ3) is 13.9. The van der Waals surface area contributed by atoms with E-state index in [1.165, 1.54) is 57.8 Å². The Hall–Kier alpha value is -1.06. The lowest BCUT2D eigenvalue weighted by atomic mass is 9.79. The molecule has 1 aliphatic rings. The van der Waals surface area contributed by atoms with Crippen molar-refractivity contribution in [2.24, 2.45) is 17.8 Å². The third-order valence-corrected chi connectivity index (χ3v) is 6.53. The Kier molecular flexibility index (Phi) is 16.7. The second-order valence-corrected chi connectivity index (χ2v) is 9.90. The Morgan fingerprint density at radius 1 is 0.677 bits per heavy atom. The molecule has 0 aliphatic heterocycles. The van der Waals surface area contributed by atoms with Crippen LogP contribution in [0.3, 0.4) is 0 Å². The van der Waals surface area contributed by atoms with Crippen molar-refractivity contribution in [3.63, 3.8) is 0 Å². The van der Waals surface area contributed by atoms with E-state index in [-0.39, 0.29) is 23.8 Å². The van der Waals surface area contributed by atoms with Gasteiger partial charge in [0, 0.05) is 0 Å². The predicted octanol–water partition coefficient (Wildman–Crippen LogP) is 7.63. The largest absolute Gasteiger partial charge is 0.465 e. The maximum atomic E-state index is 12.5. The highest BCUT2D eigenvalue weighted by molar-refractivity contribution is 5.82. The average molecular weight is 439 g/mol. The Balaban J connectivity index is 2.04. The lowest BCUT2D eigenvalue weighted by molar-refractivity contribution is -0.163. The Morgan fingerprint density at radius 2 is 1.10 bits per heavy atom. The minimum atomic E-state index is -0.302. The van der Waals surface area contributed by atoms with Crippen LogP contribution in [0.25, 0.3) is 0 Å². The summed E-state index contributed by atoms with van der Waals surface area (Å²) in [6, 6.07) is 0. The Labute approximate surface area is 192 Å². The average Bonchev–Trinajstić information content (AvgIpc) is 2.76. The monoisotopic (exact) mass is 438 g/mol. The zero-order valence-electron chi connectivity index (χ0n) is 20.8. The molecule has 0 bridgehead atoms. The highest BCUT2D eigenvalue weighted by atomic mass is 16.5. The molecule has 0 N–H and O–H groups in total. The summed E-state index contributed by atoms with van der Waals surface area (Å²) in [5, 5.41) is 0. The zero-order chi connectivity index (χ0) is 22.7. The first-order valence-electron chi connectivity index (χ1n) is 13.4. The van der Waals surface area contributed by atoms with Gasteiger partial charge in [-0.3, -0.25) is 9.59 Å². The molecule has 0 amide bonds. The van der Waals surface area contributed by atoms with Gasteiger partial charge in [0.2, 0.25) is 0 Å². The van der Waals surface area contributed by atoms with Crippen LogP contribution in [0.2, 0.25) is 0 Å². The minimum Gasteiger partial charge on any atom is -0.465 e. The number of ether oxygens (including phenoxy) is 2. The van der Waals surface area contributed by atoms with Crippen LogP contribution in [0.4, 0.5) is 0 Å². The molecule has 4 heteroatoms. The fraction of sp³-hybridized carbons (Fsp3) is 0.926. The normalized spacial score (nSPS) is 18.8. The van der Waals surface area contributed by atoms with Crippen LogP contribution in [0.5, 0.6) is 0 Å². The number of esters is 2. The molecule has 4 nitrogen and oxygen atoms in total. The van der Waals surface area contributed by atoms with E-state index in [4.69, 9.17) is 9.47 Å². The van der Waals surface area contributed by atoms with E-state index in [2.05, 4.69) is 20.8 Å². The summed E-state index contributed by atoms with van der Waals surface area (Å²) in [6.07, 6.45) is 19.5. The SMILES string of the molecule is CCCCOC(=O)C1CCCCC1C(=O)OCCCCCCCCCCCCC(C)C. The first-order chi connectivity index (χ1) is 15.1. The predicted molar refractivity (Wildman–Crippen MR) is 128 cm³/mol. The highest BCUT2D eigenvalue weighted by Gasteiger charge is 2.37. The van der Waals surface area contributed by atoms with Gasteiger partial charge in [0.1, 0.15) is 0 Å². The summed E-state index contributed by atoms with van der Waals surface area (Å²) in [4.78, 5) is 24.9. The van der Waals surface area contributed by atoms with E-state index in [0.717, 1.165) is 57.3 Å². The van der Waals surface area contributed by atoms with Crippen LogP contribution in [0.15, 0.2) is 0 Å². The van der Waals surface area contributed by atoms with E-state index < -0.39 is 0 Å². The number of hydrogen-bond donors (Lipinski definition) is 0. The second-order valence-electron chi connectivity index (χ2n) is 9.90. The van der Waals surface area contributed by atoms with Crippen LogP contribution in [-0.2, 0) is 19.1 Å². The number of carbonyl (C=O) groups excluding carboxylic acids is 2. The summed E-state index contributed by atoms with van der Waals surface area (Å²) < 4.78 is 10.9. The van der Waals surface area contributed by atoms with E-state index in [0.29, 0.717) is 13.2 Å². The molecule has 2 atom stereocenters. The Bertz CT molecular complexity index is 460. The van der Waals surface area contributed by atoms with Crippen molar-refractivity contribution in [2.75, 3.05) is 13.2 Å². The fourth-order valence-corrected chi connectivity index (χ4v) is 4.47. The molecule has 0 aromatic heterocycles. The van der Waals surface area contributed by atoms with Crippen LogP contribution in [-0.4, -0.2) is 25.2 Å². The standard InChI is InChI=1S/C27H50O4/c1-4-5-21-30-26(28)24-19-15-16-20-25(24)27(29)31-22-17-13-11-9-7-6-8-10-12-14-18-23(2)3/h23-25H,4-22H2,1-3H3. The van der Waals surface area contributed by atoms with Crippen LogP contribution >= 0.6 is 0 Å². The lowest BCUT2D eigenvalue weighted by Crippen LogP contribution is -2.35. The van der Waals surface area contributed by atoms with Gasteiger partial charge in [-0.05, 0) is 31.6 Å². The molecule has 0 saturated heterocycles. The molecule has 0 heterocycles. The van der Waals surface area contributed by atoms with E-state index in [1.807, 2.05) is 0 Å². The molecule has 0 spiro atoms. The molecule has 31 heavy (non-hydrogen) atoms. The molecule has 1 saturated carbocycles. The molecule has 1 fully saturated rings. The summed E-state index contributed by atoms with van der Waals surface area (Å²) >= 11 is 0. The fourth-order valence-electron chi connectivity index (χ4n) is 4.47.